The average molecular weight is 265 g/mol. The fourth-order valence-electron chi connectivity index (χ4n) is 2.48. The normalized spacial score (nSPS) is 16.1. The number of amides is 1. The minimum absolute atomic E-state index is 0.0878. The van der Waals surface area contributed by atoms with Crippen LogP contribution in [-0.4, -0.2) is 30.5 Å². The lowest BCUT2D eigenvalue weighted by molar-refractivity contribution is -0.134. The first-order chi connectivity index (χ1) is 9.18. The van der Waals surface area contributed by atoms with E-state index in [1.807, 2.05) is 7.05 Å². The molecule has 0 heterocycles. The summed E-state index contributed by atoms with van der Waals surface area (Å²) in [5.74, 6) is -0.390. The van der Waals surface area contributed by atoms with Gasteiger partial charge in [0.05, 0.1) is 0 Å². The van der Waals surface area contributed by atoms with E-state index in [9.17, 15) is 9.18 Å². The molecule has 1 saturated carbocycles. The monoisotopic (exact) mass is 265 g/mol. The Bertz CT molecular complexity index is 430. The highest BCUT2D eigenvalue weighted by Crippen LogP contribution is 2.22. The lowest BCUT2D eigenvalue weighted by atomic mass is 9.94. The Labute approximate surface area is 113 Å². The van der Waals surface area contributed by atoms with Crippen molar-refractivity contribution in [2.24, 2.45) is 0 Å². The summed E-state index contributed by atoms with van der Waals surface area (Å²) in [4.78, 5) is 13.8. The molecule has 4 heteroatoms. The van der Waals surface area contributed by atoms with Crippen molar-refractivity contribution in [3.8, 4) is 5.75 Å². The fraction of sp³-hybridized carbons (Fsp3) is 0.533. The van der Waals surface area contributed by atoms with Crippen molar-refractivity contribution in [1.82, 2.24) is 4.90 Å². The summed E-state index contributed by atoms with van der Waals surface area (Å²) < 4.78 is 18.6. The van der Waals surface area contributed by atoms with Gasteiger partial charge in [-0.1, -0.05) is 31.4 Å². The number of likely N-dealkylation sites (N-methyl/N-ethyl adjacent to an activating group) is 1. The highest BCUT2D eigenvalue weighted by Gasteiger charge is 2.22. The second kappa shape index (κ2) is 6.55. The van der Waals surface area contributed by atoms with E-state index in [0.29, 0.717) is 6.04 Å². The van der Waals surface area contributed by atoms with Gasteiger partial charge in [-0.3, -0.25) is 4.79 Å². The lowest BCUT2D eigenvalue weighted by Gasteiger charge is -2.31. The molecule has 0 aromatic heterocycles. The predicted octanol–water partition coefficient (Wildman–Crippen LogP) is 3.00. The SMILES string of the molecule is CN(C(=O)COc1ccccc1F)C1CCCCC1. The second-order valence-electron chi connectivity index (χ2n) is 5.02. The van der Waals surface area contributed by atoms with Crippen molar-refractivity contribution in [3.05, 3.63) is 30.1 Å². The van der Waals surface area contributed by atoms with Gasteiger partial charge < -0.3 is 9.64 Å². The molecule has 1 amide bonds. The Kier molecular flexibility index (Phi) is 4.77. The topological polar surface area (TPSA) is 29.5 Å². The maximum absolute atomic E-state index is 13.3. The highest BCUT2D eigenvalue weighted by molar-refractivity contribution is 5.77. The molecule has 1 aromatic carbocycles. The third-order valence-electron chi connectivity index (χ3n) is 3.70. The van der Waals surface area contributed by atoms with Crippen molar-refractivity contribution in [2.45, 2.75) is 38.1 Å². The van der Waals surface area contributed by atoms with Crippen molar-refractivity contribution < 1.29 is 13.9 Å². The summed E-state index contributed by atoms with van der Waals surface area (Å²) in [5.41, 5.74) is 0. The molecule has 0 saturated heterocycles. The van der Waals surface area contributed by atoms with Gasteiger partial charge in [-0.2, -0.15) is 0 Å². The summed E-state index contributed by atoms with van der Waals surface area (Å²) in [6, 6.07) is 6.45. The largest absolute Gasteiger partial charge is 0.481 e. The Hall–Kier alpha value is -1.58. The van der Waals surface area contributed by atoms with Gasteiger partial charge in [0.1, 0.15) is 0 Å². The van der Waals surface area contributed by atoms with Crippen molar-refractivity contribution in [2.75, 3.05) is 13.7 Å². The van der Waals surface area contributed by atoms with Gasteiger partial charge in [0.15, 0.2) is 18.2 Å². The van der Waals surface area contributed by atoms with E-state index in [2.05, 4.69) is 0 Å². The van der Waals surface area contributed by atoms with Crippen LogP contribution in [-0.2, 0) is 4.79 Å². The Morgan fingerprint density at radius 2 is 2.00 bits per heavy atom. The van der Waals surface area contributed by atoms with Gasteiger partial charge in [-0.05, 0) is 25.0 Å². The molecule has 1 aliphatic rings. The molecule has 3 nitrogen and oxygen atoms in total. The van der Waals surface area contributed by atoms with Crippen LogP contribution in [0.1, 0.15) is 32.1 Å². The maximum atomic E-state index is 13.3. The number of carbonyl (C=O) groups is 1. The standard InChI is InChI=1S/C15H20FNO2/c1-17(12-7-3-2-4-8-12)15(18)11-19-14-10-6-5-9-13(14)16/h5-6,9-10,12H,2-4,7-8,11H2,1H3. The highest BCUT2D eigenvalue weighted by atomic mass is 19.1. The summed E-state index contributed by atoms with van der Waals surface area (Å²) >= 11 is 0. The average Bonchev–Trinajstić information content (AvgIpc) is 2.46. The minimum atomic E-state index is -0.435. The Morgan fingerprint density at radius 1 is 1.32 bits per heavy atom. The lowest BCUT2D eigenvalue weighted by Crippen LogP contribution is -2.40. The molecule has 0 bridgehead atoms. The van der Waals surface area contributed by atoms with E-state index < -0.39 is 5.82 Å². The van der Waals surface area contributed by atoms with Gasteiger partial charge in [-0.15, -0.1) is 0 Å². The van der Waals surface area contributed by atoms with Crippen molar-refractivity contribution in [1.29, 1.82) is 0 Å². The van der Waals surface area contributed by atoms with E-state index >= 15 is 0 Å². The molecule has 1 fully saturated rings. The van der Waals surface area contributed by atoms with Crippen LogP contribution in [0, 0.1) is 5.82 Å². The zero-order valence-electron chi connectivity index (χ0n) is 11.3. The number of rotatable bonds is 4. The number of halogens is 1. The number of benzene rings is 1. The van der Waals surface area contributed by atoms with E-state index in [-0.39, 0.29) is 18.3 Å². The van der Waals surface area contributed by atoms with Crippen LogP contribution in [0.15, 0.2) is 24.3 Å². The molecule has 0 atom stereocenters. The Balaban J connectivity index is 1.85. The van der Waals surface area contributed by atoms with E-state index in [4.69, 9.17) is 4.74 Å². The summed E-state index contributed by atoms with van der Waals surface area (Å²) in [6.45, 7) is -0.103. The molecule has 104 valence electrons. The minimum Gasteiger partial charge on any atom is -0.481 e. The third kappa shape index (κ3) is 3.69. The number of para-hydroxylation sites is 1. The number of carbonyl (C=O) groups excluding carboxylic acids is 1. The van der Waals surface area contributed by atoms with Crippen LogP contribution in [0.5, 0.6) is 5.75 Å². The second-order valence-corrected chi connectivity index (χ2v) is 5.02. The van der Waals surface area contributed by atoms with Gasteiger partial charge in [-0.25, -0.2) is 4.39 Å². The Morgan fingerprint density at radius 3 is 2.68 bits per heavy atom. The summed E-state index contributed by atoms with van der Waals surface area (Å²) in [5, 5.41) is 0. The van der Waals surface area contributed by atoms with Crippen LogP contribution in [0.25, 0.3) is 0 Å². The zero-order chi connectivity index (χ0) is 13.7. The molecule has 0 aliphatic heterocycles. The number of hydrogen-bond donors (Lipinski definition) is 0. The van der Waals surface area contributed by atoms with E-state index in [1.54, 1.807) is 17.0 Å². The van der Waals surface area contributed by atoms with E-state index in [0.717, 1.165) is 12.8 Å². The maximum Gasteiger partial charge on any atom is 0.260 e. The number of nitrogens with zero attached hydrogens (tertiary/aromatic N) is 1. The molecule has 0 spiro atoms. The molecular formula is C15H20FNO2. The van der Waals surface area contributed by atoms with E-state index in [1.165, 1.54) is 31.4 Å². The van der Waals surface area contributed by atoms with Crippen molar-refractivity contribution in [3.63, 3.8) is 0 Å². The third-order valence-corrected chi connectivity index (χ3v) is 3.70. The predicted molar refractivity (Wildman–Crippen MR) is 71.5 cm³/mol. The number of hydrogen-bond acceptors (Lipinski definition) is 2. The summed E-state index contributed by atoms with van der Waals surface area (Å²) in [6.07, 6.45) is 5.72. The first-order valence-electron chi connectivity index (χ1n) is 6.81. The van der Waals surface area contributed by atoms with Crippen LogP contribution in [0.3, 0.4) is 0 Å². The van der Waals surface area contributed by atoms with Crippen LogP contribution >= 0.6 is 0 Å². The van der Waals surface area contributed by atoms with Gasteiger partial charge in [0, 0.05) is 13.1 Å². The van der Waals surface area contributed by atoms with Crippen LogP contribution < -0.4 is 4.74 Å². The quantitative estimate of drug-likeness (QED) is 0.837. The first-order valence-corrected chi connectivity index (χ1v) is 6.81. The van der Waals surface area contributed by atoms with Crippen LogP contribution in [0.2, 0.25) is 0 Å². The smallest absolute Gasteiger partial charge is 0.260 e. The molecule has 0 N–H and O–H groups in total. The molecule has 0 unspecified atom stereocenters. The summed E-state index contributed by atoms with van der Waals surface area (Å²) in [7, 11) is 1.81. The number of ether oxygens (including phenoxy) is 1. The molecule has 2 rings (SSSR count). The van der Waals surface area contributed by atoms with Gasteiger partial charge in [0.2, 0.25) is 0 Å². The zero-order valence-corrected chi connectivity index (χ0v) is 11.3. The first kappa shape index (κ1) is 13.8. The molecule has 0 radical (unpaired) electrons. The molecule has 19 heavy (non-hydrogen) atoms. The van der Waals surface area contributed by atoms with Crippen LogP contribution in [0.4, 0.5) is 4.39 Å². The van der Waals surface area contributed by atoms with Gasteiger partial charge in [0.25, 0.3) is 5.91 Å². The molecular weight excluding hydrogens is 245 g/mol. The molecule has 1 aliphatic carbocycles. The van der Waals surface area contributed by atoms with Gasteiger partial charge >= 0.3 is 0 Å². The fourth-order valence-corrected chi connectivity index (χ4v) is 2.48. The van der Waals surface area contributed by atoms with Crippen molar-refractivity contribution >= 4 is 5.91 Å². The molecule has 1 aromatic rings.